The van der Waals surface area contributed by atoms with Crippen molar-refractivity contribution in [2.75, 3.05) is 26.2 Å². The molecule has 1 saturated heterocycles. The van der Waals surface area contributed by atoms with Crippen molar-refractivity contribution in [1.82, 2.24) is 10.2 Å². The zero-order valence-corrected chi connectivity index (χ0v) is 12.6. The van der Waals surface area contributed by atoms with Gasteiger partial charge in [0.25, 0.3) is 0 Å². The summed E-state index contributed by atoms with van der Waals surface area (Å²) >= 11 is 6.07. The van der Waals surface area contributed by atoms with Crippen molar-refractivity contribution < 1.29 is 0 Å². The molecule has 1 fully saturated rings. The molecule has 2 rings (SSSR count). The molecule has 0 spiro atoms. The van der Waals surface area contributed by atoms with Crippen molar-refractivity contribution in [2.24, 2.45) is 0 Å². The molecule has 0 bridgehead atoms. The van der Waals surface area contributed by atoms with Gasteiger partial charge >= 0.3 is 0 Å². The van der Waals surface area contributed by atoms with Crippen molar-refractivity contribution in [3.05, 3.63) is 46.5 Å². The Balaban J connectivity index is 2.27. The first kappa shape index (κ1) is 14.6. The summed E-state index contributed by atoms with van der Waals surface area (Å²) in [6, 6.07) is 6.66. The lowest BCUT2D eigenvalue weighted by Gasteiger charge is -2.36. The summed E-state index contributed by atoms with van der Waals surface area (Å²) in [7, 11) is 0. The Morgan fingerprint density at radius 1 is 1.42 bits per heavy atom. The number of hydrogen-bond acceptors (Lipinski definition) is 2. The van der Waals surface area contributed by atoms with Crippen LogP contribution in [0, 0.1) is 6.92 Å². The van der Waals surface area contributed by atoms with Gasteiger partial charge in [-0.15, -0.1) is 6.58 Å². The Hall–Kier alpha value is -0.830. The summed E-state index contributed by atoms with van der Waals surface area (Å²) in [5, 5.41) is 4.23. The van der Waals surface area contributed by atoms with E-state index in [0.717, 1.165) is 37.6 Å². The topological polar surface area (TPSA) is 15.3 Å². The molecule has 0 aliphatic carbocycles. The lowest BCUT2D eigenvalue weighted by Crippen LogP contribution is -2.45. The van der Waals surface area contributed by atoms with Crippen molar-refractivity contribution >= 4 is 11.6 Å². The quantitative estimate of drug-likeness (QED) is 0.847. The van der Waals surface area contributed by atoms with E-state index in [2.05, 4.69) is 42.8 Å². The van der Waals surface area contributed by atoms with E-state index in [1.165, 1.54) is 16.7 Å². The molecule has 1 heterocycles. The molecule has 0 amide bonds. The van der Waals surface area contributed by atoms with E-state index in [-0.39, 0.29) is 0 Å². The SMILES string of the molecule is C=C(C)C[C@H](c1ccc(Cl)cc1C)N1CCNCC1. The smallest absolute Gasteiger partial charge is 0.0408 e. The largest absolute Gasteiger partial charge is 0.314 e. The fraction of sp³-hybridized carbons (Fsp3) is 0.500. The third-order valence-corrected chi connectivity index (χ3v) is 3.96. The number of benzene rings is 1. The summed E-state index contributed by atoms with van der Waals surface area (Å²) in [6.07, 6.45) is 1.02. The van der Waals surface area contributed by atoms with Gasteiger partial charge in [-0.1, -0.05) is 23.2 Å². The molecule has 0 radical (unpaired) electrons. The Morgan fingerprint density at radius 3 is 2.68 bits per heavy atom. The van der Waals surface area contributed by atoms with Crippen LogP contribution in [0.3, 0.4) is 0 Å². The maximum Gasteiger partial charge on any atom is 0.0408 e. The van der Waals surface area contributed by atoms with Gasteiger partial charge in [0, 0.05) is 37.2 Å². The highest BCUT2D eigenvalue weighted by Crippen LogP contribution is 2.31. The second-order valence-electron chi connectivity index (χ2n) is 5.46. The van der Waals surface area contributed by atoms with Crippen LogP contribution in [0.5, 0.6) is 0 Å². The molecule has 0 unspecified atom stereocenters. The number of aryl methyl sites for hydroxylation is 1. The average molecular weight is 279 g/mol. The van der Waals surface area contributed by atoms with Gasteiger partial charge in [0.2, 0.25) is 0 Å². The number of hydrogen-bond donors (Lipinski definition) is 1. The first-order valence-corrected chi connectivity index (χ1v) is 7.31. The van der Waals surface area contributed by atoms with Crippen LogP contribution < -0.4 is 5.32 Å². The molecule has 1 N–H and O–H groups in total. The van der Waals surface area contributed by atoms with E-state index in [9.17, 15) is 0 Å². The second kappa shape index (κ2) is 6.56. The summed E-state index contributed by atoms with van der Waals surface area (Å²) in [5.74, 6) is 0. The number of piperazine rings is 1. The first-order valence-electron chi connectivity index (χ1n) is 6.93. The third-order valence-electron chi connectivity index (χ3n) is 3.73. The maximum atomic E-state index is 6.07. The van der Waals surface area contributed by atoms with Crippen molar-refractivity contribution in [3.8, 4) is 0 Å². The Bertz CT molecular complexity index is 450. The van der Waals surface area contributed by atoms with E-state index in [4.69, 9.17) is 11.6 Å². The van der Waals surface area contributed by atoms with Gasteiger partial charge in [-0.3, -0.25) is 4.90 Å². The molecular formula is C16H23ClN2. The summed E-state index contributed by atoms with van der Waals surface area (Å²) in [5.41, 5.74) is 3.89. The van der Waals surface area contributed by atoms with Gasteiger partial charge in [0.1, 0.15) is 0 Å². The Kier molecular flexibility index (Phi) is 5.03. The Morgan fingerprint density at radius 2 is 2.11 bits per heavy atom. The molecule has 1 atom stereocenters. The summed E-state index contributed by atoms with van der Waals surface area (Å²) in [4.78, 5) is 2.56. The summed E-state index contributed by atoms with van der Waals surface area (Å²) in [6.45, 7) is 12.7. The van der Waals surface area contributed by atoms with Crippen LogP contribution in [0.25, 0.3) is 0 Å². The van der Waals surface area contributed by atoms with Crippen LogP contribution in [-0.4, -0.2) is 31.1 Å². The van der Waals surface area contributed by atoms with E-state index in [0.29, 0.717) is 6.04 Å². The predicted octanol–water partition coefficient (Wildman–Crippen LogP) is 3.56. The third kappa shape index (κ3) is 3.82. The fourth-order valence-electron chi connectivity index (χ4n) is 2.77. The molecule has 19 heavy (non-hydrogen) atoms. The highest BCUT2D eigenvalue weighted by atomic mass is 35.5. The lowest BCUT2D eigenvalue weighted by atomic mass is 9.94. The molecule has 0 aromatic heterocycles. The molecule has 2 nitrogen and oxygen atoms in total. The van der Waals surface area contributed by atoms with E-state index in [1.807, 2.05) is 6.07 Å². The minimum Gasteiger partial charge on any atom is -0.314 e. The van der Waals surface area contributed by atoms with Crippen molar-refractivity contribution in [2.45, 2.75) is 26.3 Å². The van der Waals surface area contributed by atoms with Crippen LogP contribution in [-0.2, 0) is 0 Å². The molecule has 1 aliphatic rings. The van der Waals surface area contributed by atoms with E-state index in [1.54, 1.807) is 0 Å². The average Bonchev–Trinajstić information content (AvgIpc) is 2.37. The Labute approximate surface area is 121 Å². The normalized spacial score (nSPS) is 18.3. The van der Waals surface area contributed by atoms with Crippen LogP contribution >= 0.6 is 11.6 Å². The van der Waals surface area contributed by atoms with Crippen LogP contribution in [0.15, 0.2) is 30.4 Å². The lowest BCUT2D eigenvalue weighted by molar-refractivity contribution is 0.172. The van der Waals surface area contributed by atoms with Crippen molar-refractivity contribution in [1.29, 1.82) is 0 Å². The van der Waals surface area contributed by atoms with Crippen LogP contribution in [0.4, 0.5) is 0 Å². The van der Waals surface area contributed by atoms with Crippen LogP contribution in [0.2, 0.25) is 5.02 Å². The molecule has 1 aliphatic heterocycles. The molecular weight excluding hydrogens is 256 g/mol. The number of nitrogens with one attached hydrogen (secondary N) is 1. The van der Waals surface area contributed by atoms with Gasteiger partial charge < -0.3 is 5.32 Å². The molecule has 104 valence electrons. The fourth-order valence-corrected chi connectivity index (χ4v) is 3.00. The zero-order valence-electron chi connectivity index (χ0n) is 11.9. The van der Waals surface area contributed by atoms with Gasteiger partial charge in [0.05, 0.1) is 0 Å². The van der Waals surface area contributed by atoms with Crippen molar-refractivity contribution in [3.63, 3.8) is 0 Å². The van der Waals surface area contributed by atoms with Gasteiger partial charge in [-0.05, 0) is 43.5 Å². The van der Waals surface area contributed by atoms with Crippen LogP contribution in [0.1, 0.15) is 30.5 Å². The molecule has 1 aromatic rings. The summed E-state index contributed by atoms with van der Waals surface area (Å²) < 4.78 is 0. The predicted molar refractivity (Wildman–Crippen MR) is 82.8 cm³/mol. The van der Waals surface area contributed by atoms with E-state index >= 15 is 0 Å². The minimum atomic E-state index is 0.428. The number of halogens is 1. The minimum absolute atomic E-state index is 0.428. The monoisotopic (exact) mass is 278 g/mol. The molecule has 1 aromatic carbocycles. The van der Waals surface area contributed by atoms with Gasteiger partial charge in [0.15, 0.2) is 0 Å². The zero-order chi connectivity index (χ0) is 13.8. The first-order chi connectivity index (χ1) is 9.08. The van der Waals surface area contributed by atoms with E-state index < -0.39 is 0 Å². The van der Waals surface area contributed by atoms with Gasteiger partial charge in [-0.2, -0.15) is 0 Å². The van der Waals surface area contributed by atoms with Gasteiger partial charge in [-0.25, -0.2) is 0 Å². The maximum absolute atomic E-state index is 6.07. The highest BCUT2D eigenvalue weighted by Gasteiger charge is 2.23. The number of rotatable bonds is 4. The highest BCUT2D eigenvalue weighted by molar-refractivity contribution is 6.30. The second-order valence-corrected chi connectivity index (χ2v) is 5.90. The number of nitrogens with zero attached hydrogens (tertiary/aromatic N) is 1. The molecule has 0 saturated carbocycles. The standard InChI is InChI=1S/C16H23ClN2/c1-12(2)10-16(19-8-6-18-7-9-19)15-5-4-14(17)11-13(15)3/h4-5,11,16,18H,1,6-10H2,2-3H3/t16-/m1/s1. The molecule has 3 heteroatoms.